The molecule has 1 aromatic carbocycles. The van der Waals surface area contributed by atoms with Crippen molar-refractivity contribution in [2.75, 3.05) is 11.9 Å². The summed E-state index contributed by atoms with van der Waals surface area (Å²) in [6, 6.07) is 7.55. The number of hydrogen-bond acceptors (Lipinski definition) is 2. The third-order valence-electron chi connectivity index (χ3n) is 4.14. The monoisotopic (exact) mass is 332 g/mol. The average molecular weight is 332 g/mol. The SMILES string of the molecule is CCCCCCCCCCNC(=O)C(=O)Nc1ccc(CC)cc1. The van der Waals surface area contributed by atoms with Gasteiger partial charge in [0.25, 0.3) is 0 Å². The molecule has 0 saturated heterocycles. The number of carbonyl (C=O) groups excluding carboxylic acids is 2. The highest BCUT2D eigenvalue weighted by Gasteiger charge is 2.12. The fraction of sp³-hybridized carbons (Fsp3) is 0.600. The van der Waals surface area contributed by atoms with Crippen LogP contribution in [-0.2, 0) is 16.0 Å². The summed E-state index contributed by atoms with van der Waals surface area (Å²) in [5.74, 6) is -1.16. The van der Waals surface area contributed by atoms with Gasteiger partial charge in [-0.25, -0.2) is 0 Å². The van der Waals surface area contributed by atoms with Gasteiger partial charge in [-0.3, -0.25) is 9.59 Å². The van der Waals surface area contributed by atoms with E-state index in [1.54, 1.807) is 0 Å². The molecule has 0 heterocycles. The van der Waals surface area contributed by atoms with Gasteiger partial charge in [-0.05, 0) is 30.5 Å². The third kappa shape index (κ3) is 8.70. The van der Waals surface area contributed by atoms with Crippen LogP contribution in [0.25, 0.3) is 0 Å². The summed E-state index contributed by atoms with van der Waals surface area (Å²) in [4.78, 5) is 23.6. The Morgan fingerprint density at radius 1 is 0.792 bits per heavy atom. The highest BCUT2D eigenvalue weighted by Crippen LogP contribution is 2.10. The normalized spacial score (nSPS) is 10.4. The highest BCUT2D eigenvalue weighted by molar-refractivity contribution is 6.39. The summed E-state index contributed by atoms with van der Waals surface area (Å²) < 4.78 is 0. The standard InChI is InChI=1S/C20H32N2O2/c1-3-5-6-7-8-9-10-11-16-21-19(23)20(24)22-18-14-12-17(4-2)13-15-18/h12-15H,3-11,16H2,1-2H3,(H,21,23)(H,22,24). The largest absolute Gasteiger partial charge is 0.348 e. The van der Waals surface area contributed by atoms with Crippen molar-refractivity contribution in [3.05, 3.63) is 29.8 Å². The van der Waals surface area contributed by atoms with Gasteiger partial charge in [0.1, 0.15) is 0 Å². The van der Waals surface area contributed by atoms with Crippen molar-refractivity contribution in [1.29, 1.82) is 0 Å². The number of benzene rings is 1. The van der Waals surface area contributed by atoms with Crippen LogP contribution in [0.1, 0.15) is 70.8 Å². The second-order valence-electron chi connectivity index (χ2n) is 6.24. The molecule has 1 rings (SSSR count). The van der Waals surface area contributed by atoms with Crippen molar-refractivity contribution >= 4 is 17.5 Å². The number of amides is 2. The van der Waals surface area contributed by atoms with Gasteiger partial charge in [0.2, 0.25) is 0 Å². The molecule has 0 aromatic heterocycles. The molecule has 0 saturated carbocycles. The Bertz CT molecular complexity index is 483. The molecule has 4 nitrogen and oxygen atoms in total. The van der Waals surface area contributed by atoms with Gasteiger partial charge in [0.05, 0.1) is 0 Å². The van der Waals surface area contributed by atoms with Crippen molar-refractivity contribution in [3.8, 4) is 0 Å². The molecule has 134 valence electrons. The van der Waals surface area contributed by atoms with E-state index in [2.05, 4.69) is 24.5 Å². The Morgan fingerprint density at radius 3 is 1.96 bits per heavy atom. The zero-order valence-corrected chi connectivity index (χ0v) is 15.2. The van der Waals surface area contributed by atoms with E-state index in [9.17, 15) is 9.59 Å². The third-order valence-corrected chi connectivity index (χ3v) is 4.14. The molecule has 0 spiro atoms. The number of hydrogen-bond donors (Lipinski definition) is 2. The zero-order chi connectivity index (χ0) is 17.6. The first-order valence-electron chi connectivity index (χ1n) is 9.35. The quantitative estimate of drug-likeness (QED) is 0.465. The van der Waals surface area contributed by atoms with Gasteiger partial charge >= 0.3 is 11.8 Å². The van der Waals surface area contributed by atoms with E-state index in [0.29, 0.717) is 12.2 Å². The van der Waals surface area contributed by atoms with Crippen LogP contribution in [0.5, 0.6) is 0 Å². The van der Waals surface area contributed by atoms with E-state index < -0.39 is 11.8 Å². The van der Waals surface area contributed by atoms with E-state index in [0.717, 1.165) is 19.3 Å². The molecule has 24 heavy (non-hydrogen) atoms. The summed E-state index contributed by atoms with van der Waals surface area (Å²) in [5, 5.41) is 5.31. The number of anilines is 1. The molecular formula is C20H32N2O2. The van der Waals surface area contributed by atoms with E-state index >= 15 is 0 Å². The molecule has 0 bridgehead atoms. The zero-order valence-electron chi connectivity index (χ0n) is 15.2. The smallest absolute Gasteiger partial charge is 0.313 e. The summed E-state index contributed by atoms with van der Waals surface area (Å²) >= 11 is 0. The molecule has 2 N–H and O–H groups in total. The van der Waals surface area contributed by atoms with Crippen molar-refractivity contribution in [1.82, 2.24) is 5.32 Å². The molecule has 1 aromatic rings. The number of carbonyl (C=O) groups is 2. The van der Waals surface area contributed by atoms with Crippen LogP contribution in [0.3, 0.4) is 0 Å². The van der Waals surface area contributed by atoms with Crippen LogP contribution in [0.4, 0.5) is 5.69 Å². The lowest BCUT2D eigenvalue weighted by molar-refractivity contribution is -0.136. The van der Waals surface area contributed by atoms with Gasteiger partial charge in [-0.2, -0.15) is 0 Å². The number of aryl methyl sites for hydroxylation is 1. The van der Waals surface area contributed by atoms with Gasteiger partial charge < -0.3 is 10.6 Å². The fourth-order valence-electron chi connectivity index (χ4n) is 2.55. The van der Waals surface area contributed by atoms with Crippen molar-refractivity contribution < 1.29 is 9.59 Å². The fourth-order valence-corrected chi connectivity index (χ4v) is 2.55. The Kier molecular flexibility index (Phi) is 10.6. The first-order chi connectivity index (χ1) is 11.7. The molecule has 2 amide bonds. The summed E-state index contributed by atoms with van der Waals surface area (Å²) in [5.41, 5.74) is 1.85. The maximum absolute atomic E-state index is 11.8. The molecule has 0 aliphatic carbocycles. The van der Waals surface area contributed by atoms with E-state index in [4.69, 9.17) is 0 Å². The van der Waals surface area contributed by atoms with Crippen LogP contribution in [0.15, 0.2) is 24.3 Å². The summed E-state index contributed by atoms with van der Waals surface area (Å²) in [7, 11) is 0. The van der Waals surface area contributed by atoms with Crippen LogP contribution < -0.4 is 10.6 Å². The first kappa shape index (κ1) is 20.2. The second kappa shape index (κ2) is 12.6. The minimum Gasteiger partial charge on any atom is -0.348 e. The maximum atomic E-state index is 11.8. The van der Waals surface area contributed by atoms with Gasteiger partial charge in [-0.1, -0.05) is 70.9 Å². The average Bonchev–Trinajstić information content (AvgIpc) is 2.60. The summed E-state index contributed by atoms with van der Waals surface area (Å²) in [6.45, 7) is 4.86. The molecule has 0 aliphatic rings. The molecule has 0 radical (unpaired) electrons. The minimum atomic E-state index is -0.598. The second-order valence-corrected chi connectivity index (χ2v) is 6.24. The Labute approximate surface area is 146 Å². The van der Waals surface area contributed by atoms with Gasteiger partial charge in [0.15, 0.2) is 0 Å². The van der Waals surface area contributed by atoms with Crippen molar-refractivity contribution in [2.45, 2.75) is 71.6 Å². The van der Waals surface area contributed by atoms with Crippen LogP contribution >= 0.6 is 0 Å². The van der Waals surface area contributed by atoms with E-state index in [-0.39, 0.29) is 0 Å². The predicted molar refractivity (Wildman–Crippen MR) is 100 cm³/mol. The molecule has 0 atom stereocenters. The van der Waals surface area contributed by atoms with Gasteiger partial charge in [-0.15, -0.1) is 0 Å². The molecule has 4 heteroatoms. The molecule has 0 fully saturated rings. The summed E-state index contributed by atoms with van der Waals surface area (Å²) in [6.07, 6.45) is 10.7. The van der Waals surface area contributed by atoms with Crippen LogP contribution in [0, 0.1) is 0 Å². The highest BCUT2D eigenvalue weighted by atomic mass is 16.2. The lowest BCUT2D eigenvalue weighted by Gasteiger charge is -2.07. The maximum Gasteiger partial charge on any atom is 0.313 e. The Balaban J connectivity index is 2.10. The van der Waals surface area contributed by atoms with E-state index in [1.165, 1.54) is 44.1 Å². The van der Waals surface area contributed by atoms with Crippen LogP contribution in [0.2, 0.25) is 0 Å². The van der Waals surface area contributed by atoms with Gasteiger partial charge in [0, 0.05) is 12.2 Å². The predicted octanol–water partition coefficient (Wildman–Crippen LogP) is 4.44. The van der Waals surface area contributed by atoms with E-state index in [1.807, 2.05) is 24.3 Å². The first-order valence-corrected chi connectivity index (χ1v) is 9.35. The lowest BCUT2D eigenvalue weighted by atomic mass is 10.1. The lowest BCUT2D eigenvalue weighted by Crippen LogP contribution is -2.35. The molecule has 0 aliphatic heterocycles. The topological polar surface area (TPSA) is 58.2 Å². The minimum absolute atomic E-state index is 0.558. The molecule has 0 unspecified atom stereocenters. The number of nitrogens with one attached hydrogen (secondary N) is 2. The van der Waals surface area contributed by atoms with Crippen molar-refractivity contribution in [2.24, 2.45) is 0 Å². The molecular weight excluding hydrogens is 300 g/mol. The number of rotatable bonds is 11. The van der Waals surface area contributed by atoms with Crippen molar-refractivity contribution in [3.63, 3.8) is 0 Å². The van der Waals surface area contributed by atoms with Crippen LogP contribution in [-0.4, -0.2) is 18.4 Å². The Morgan fingerprint density at radius 2 is 1.38 bits per heavy atom. The number of unbranched alkanes of at least 4 members (excludes halogenated alkanes) is 7. The Hall–Kier alpha value is -1.84.